The molecule has 1 rings (SSSR count). The molecule has 4 heteroatoms. The quantitative estimate of drug-likeness (QED) is 0.719. The number of nitrogens with zero attached hydrogens (tertiary/aromatic N) is 2. The first-order valence-corrected chi connectivity index (χ1v) is 6.28. The van der Waals surface area contributed by atoms with Crippen molar-refractivity contribution >= 4 is 5.91 Å². The van der Waals surface area contributed by atoms with Crippen molar-refractivity contribution in [3.05, 3.63) is 0 Å². The van der Waals surface area contributed by atoms with Gasteiger partial charge in [0.05, 0.1) is 6.04 Å². The Morgan fingerprint density at radius 1 is 1.56 bits per heavy atom. The molecule has 0 spiro atoms. The van der Waals surface area contributed by atoms with E-state index < -0.39 is 0 Å². The van der Waals surface area contributed by atoms with E-state index in [9.17, 15) is 4.79 Å². The first kappa shape index (κ1) is 13.5. The van der Waals surface area contributed by atoms with Crippen LogP contribution in [0.15, 0.2) is 0 Å². The summed E-state index contributed by atoms with van der Waals surface area (Å²) in [6.07, 6.45) is 0.956. The van der Waals surface area contributed by atoms with Crippen molar-refractivity contribution in [3.63, 3.8) is 0 Å². The third-order valence-corrected chi connectivity index (χ3v) is 3.35. The van der Waals surface area contributed by atoms with Gasteiger partial charge in [-0.25, -0.2) is 0 Å². The fourth-order valence-electron chi connectivity index (χ4n) is 1.93. The summed E-state index contributed by atoms with van der Waals surface area (Å²) < 4.78 is 0. The van der Waals surface area contributed by atoms with Crippen LogP contribution in [-0.4, -0.2) is 61.0 Å². The van der Waals surface area contributed by atoms with Crippen LogP contribution < -0.4 is 5.32 Å². The van der Waals surface area contributed by atoms with Crippen molar-refractivity contribution in [2.24, 2.45) is 0 Å². The van der Waals surface area contributed by atoms with E-state index in [-0.39, 0.29) is 11.9 Å². The Balaban J connectivity index is 2.32. The molecule has 0 bridgehead atoms. The lowest BCUT2D eigenvalue weighted by Gasteiger charge is -2.24. The van der Waals surface area contributed by atoms with E-state index in [1.807, 2.05) is 11.8 Å². The second-order valence-electron chi connectivity index (χ2n) is 4.80. The molecule has 16 heavy (non-hydrogen) atoms. The minimum absolute atomic E-state index is 0.0642. The number of nitrogens with one attached hydrogen (secondary N) is 1. The maximum atomic E-state index is 11.9. The summed E-state index contributed by atoms with van der Waals surface area (Å²) in [5, 5.41) is 3.23. The molecule has 1 aliphatic rings. The molecule has 0 aromatic rings. The highest BCUT2D eigenvalue weighted by molar-refractivity contribution is 5.83. The number of carbonyl (C=O) groups excluding carboxylic acids is 1. The summed E-state index contributed by atoms with van der Waals surface area (Å²) >= 11 is 0. The van der Waals surface area contributed by atoms with Crippen LogP contribution in [0.1, 0.15) is 27.2 Å². The van der Waals surface area contributed by atoms with Crippen LogP contribution >= 0.6 is 0 Å². The predicted octanol–water partition coefficient (Wildman–Crippen LogP) is 0.537. The maximum Gasteiger partial charge on any atom is 0.239 e. The highest BCUT2D eigenvalue weighted by Gasteiger charge is 2.30. The first-order valence-electron chi connectivity index (χ1n) is 6.28. The lowest BCUT2D eigenvalue weighted by molar-refractivity contribution is -0.129. The van der Waals surface area contributed by atoms with Crippen LogP contribution in [0, 0.1) is 0 Å². The molecule has 1 heterocycles. The summed E-state index contributed by atoms with van der Waals surface area (Å²) in [4.78, 5) is 16.2. The van der Waals surface area contributed by atoms with E-state index >= 15 is 0 Å². The highest BCUT2D eigenvalue weighted by atomic mass is 16.2. The SMILES string of the molecule is CCNC1CCN(CCN(C)C(C)C)C1=O. The number of hydrogen-bond acceptors (Lipinski definition) is 3. The van der Waals surface area contributed by atoms with Gasteiger partial charge in [-0.1, -0.05) is 6.92 Å². The smallest absolute Gasteiger partial charge is 0.239 e. The molecule has 0 aromatic heterocycles. The van der Waals surface area contributed by atoms with Crippen molar-refractivity contribution in [1.82, 2.24) is 15.1 Å². The molecule has 1 aliphatic heterocycles. The van der Waals surface area contributed by atoms with E-state index in [0.29, 0.717) is 6.04 Å². The fraction of sp³-hybridized carbons (Fsp3) is 0.917. The second kappa shape index (κ2) is 6.21. The van der Waals surface area contributed by atoms with Crippen LogP contribution in [0.4, 0.5) is 0 Å². The Bertz CT molecular complexity index is 230. The van der Waals surface area contributed by atoms with E-state index in [2.05, 4.69) is 31.1 Å². The molecule has 1 fully saturated rings. The van der Waals surface area contributed by atoms with E-state index in [1.165, 1.54) is 0 Å². The lowest BCUT2D eigenvalue weighted by atomic mass is 10.2. The van der Waals surface area contributed by atoms with Crippen molar-refractivity contribution < 1.29 is 4.79 Å². The third kappa shape index (κ3) is 3.46. The summed E-state index contributed by atoms with van der Waals surface area (Å²) in [6, 6.07) is 0.608. The highest BCUT2D eigenvalue weighted by Crippen LogP contribution is 2.10. The first-order chi connectivity index (χ1) is 7.56. The Morgan fingerprint density at radius 2 is 2.25 bits per heavy atom. The summed E-state index contributed by atoms with van der Waals surface area (Å²) in [6.45, 7) is 9.99. The number of carbonyl (C=O) groups is 1. The maximum absolute atomic E-state index is 11.9. The minimum Gasteiger partial charge on any atom is -0.340 e. The average molecular weight is 227 g/mol. The van der Waals surface area contributed by atoms with Crippen LogP contribution in [-0.2, 0) is 4.79 Å². The summed E-state index contributed by atoms with van der Waals surface area (Å²) in [7, 11) is 2.10. The molecule has 1 N–H and O–H groups in total. The zero-order valence-corrected chi connectivity index (χ0v) is 11.0. The van der Waals surface area contributed by atoms with E-state index in [0.717, 1.165) is 32.6 Å². The zero-order valence-electron chi connectivity index (χ0n) is 11.0. The van der Waals surface area contributed by atoms with Crippen LogP contribution in [0.5, 0.6) is 0 Å². The van der Waals surface area contributed by atoms with Gasteiger partial charge >= 0.3 is 0 Å². The summed E-state index contributed by atoms with van der Waals surface area (Å²) in [5.74, 6) is 0.277. The minimum atomic E-state index is 0.0642. The third-order valence-electron chi connectivity index (χ3n) is 3.35. The van der Waals surface area contributed by atoms with Crippen LogP contribution in [0.25, 0.3) is 0 Å². The van der Waals surface area contributed by atoms with Crippen molar-refractivity contribution in [1.29, 1.82) is 0 Å². The van der Waals surface area contributed by atoms with E-state index in [1.54, 1.807) is 0 Å². The Labute approximate surface area is 99.0 Å². The van der Waals surface area contributed by atoms with Gasteiger partial charge in [-0.05, 0) is 33.9 Å². The molecule has 0 radical (unpaired) electrons. The molecular weight excluding hydrogens is 202 g/mol. The topological polar surface area (TPSA) is 35.6 Å². The molecule has 1 atom stereocenters. The molecule has 0 aromatic carbocycles. The predicted molar refractivity (Wildman–Crippen MR) is 66.4 cm³/mol. The number of likely N-dealkylation sites (tertiary alicyclic amines) is 1. The van der Waals surface area contributed by atoms with E-state index in [4.69, 9.17) is 0 Å². The average Bonchev–Trinajstić information content (AvgIpc) is 2.58. The molecule has 0 saturated carbocycles. The number of rotatable bonds is 6. The number of hydrogen-bond donors (Lipinski definition) is 1. The van der Waals surface area contributed by atoms with Gasteiger partial charge in [0.25, 0.3) is 0 Å². The van der Waals surface area contributed by atoms with Crippen molar-refractivity contribution in [2.45, 2.75) is 39.3 Å². The van der Waals surface area contributed by atoms with Gasteiger partial charge in [0.1, 0.15) is 0 Å². The van der Waals surface area contributed by atoms with Crippen LogP contribution in [0.3, 0.4) is 0 Å². The van der Waals surface area contributed by atoms with Crippen LogP contribution in [0.2, 0.25) is 0 Å². The van der Waals surface area contributed by atoms with Crippen molar-refractivity contribution in [2.75, 3.05) is 33.2 Å². The number of amides is 1. The molecule has 4 nitrogen and oxygen atoms in total. The van der Waals surface area contributed by atoms with Gasteiger partial charge in [0.15, 0.2) is 0 Å². The normalized spacial score (nSPS) is 21.5. The Hall–Kier alpha value is -0.610. The molecule has 1 saturated heterocycles. The lowest BCUT2D eigenvalue weighted by Crippen LogP contribution is -2.41. The van der Waals surface area contributed by atoms with Gasteiger partial charge in [-0.2, -0.15) is 0 Å². The van der Waals surface area contributed by atoms with Gasteiger partial charge in [-0.15, -0.1) is 0 Å². The molecule has 1 amide bonds. The van der Waals surface area contributed by atoms with Gasteiger partial charge in [0.2, 0.25) is 5.91 Å². The van der Waals surface area contributed by atoms with Gasteiger partial charge in [0, 0.05) is 25.7 Å². The van der Waals surface area contributed by atoms with Gasteiger partial charge in [-0.3, -0.25) is 4.79 Å². The largest absolute Gasteiger partial charge is 0.340 e. The fourth-order valence-corrected chi connectivity index (χ4v) is 1.93. The Morgan fingerprint density at radius 3 is 2.81 bits per heavy atom. The molecule has 94 valence electrons. The molecule has 0 aliphatic carbocycles. The number of likely N-dealkylation sites (N-methyl/N-ethyl adjacent to an activating group) is 2. The summed E-state index contributed by atoms with van der Waals surface area (Å²) in [5.41, 5.74) is 0. The monoisotopic (exact) mass is 227 g/mol. The zero-order chi connectivity index (χ0) is 12.1. The second-order valence-corrected chi connectivity index (χ2v) is 4.80. The standard InChI is InChI=1S/C12H25N3O/c1-5-13-11-6-7-15(12(11)16)9-8-14(4)10(2)3/h10-11,13H,5-9H2,1-4H3. The van der Waals surface area contributed by atoms with Gasteiger partial charge < -0.3 is 15.1 Å². The molecular formula is C12H25N3O. The Kier molecular flexibility index (Phi) is 5.22. The van der Waals surface area contributed by atoms with Crippen molar-refractivity contribution in [3.8, 4) is 0 Å². The molecule has 1 unspecified atom stereocenters.